The maximum Gasteiger partial charge on any atom is 0.230 e. The third-order valence-electron chi connectivity index (χ3n) is 4.81. The van der Waals surface area contributed by atoms with Crippen LogP contribution in [0.5, 0.6) is 11.5 Å². The summed E-state index contributed by atoms with van der Waals surface area (Å²) in [5.74, 6) is 2.86. The van der Waals surface area contributed by atoms with Crippen LogP contribution >= 0.6 is 0 Å². The number of anilines is 1. The van der Waals surface area contributed by atoms with Crippen LogP contribution in [0.4, 0.5) is 5.95 Å². The van der Waals surface area contributed by atoms with Gasteiger partial charge in [0.25, 0.3) is 0 Å². The molecule has 1 aliphatic heterocycles. The fraction of sp³-hybridized carbons (Fsp3) is 0.286. The Morgan fingerprint density at radius 1 is 1.10 bits per heavy atom. The molecule has 0 radical (unpaired) electrons. The van der Waals surface area contributed by atoms with E-state index in [-0.39, 0.29) is 0 Å². The number of benzene rings is 2. The molecule has 8 heteroatoms. The van der Waals surface area contributed by atoms with Gasteiger partial charge in [-0.05, 0) is 31.2 Å². The summed E-state index contributed by atoms with van der Waals surface area (Å²) < 4.78 is 10.7. The van der Waals surface area contributed by atoms with Crippen LogP contribution in [0.25, 0.3) is 10.9 Å². The molecule has 0 aliphatic carbocycles. The molecule has 2 aromatic carbocycles. The van der Waals surface area contributed by atoms with E-state index in [0.717, 1.165) is 40.2 Å². The summed E-state index contributed by atoms with van der Waals surface area (Å²) in [5.41, 5.74) is 2.87. The molecular formula is C21H24N6O2. The Labute approximate surface area is 169 Å². The second kappa shape index (κ2) is 8.32. The molecular weight excluding hydrogens is 368 g/mol. The van der Waals surface area contributed by atoms with E-state index in [4.69, 9.17) is 9.47 Å². The van der Waals surface area contributed by atoms with Gasteiger partial charge in [0.05, 0.1) is 38.8 Å². The monoisotopic (exact) mass is 392 g/mol. The van der Waals surface area contributed by atoms with Crippen molar-refractivity contribution in [3.63, 3.8) is 0 Å². The molecule has 0 unspecified atom stereocenters. The molecule has 0 amide bonds. The first-order valence-electron chi connectivity index (χ1n) is 9.38. The zero-order valence-corrected chi connectivity index (χ0v) is 16.8. The summed E-state index contributed by atoms with van der Waals surface area (Å²) in [4.78, 5) is 15.9. The minimum atomic E-state index is 0.518. The second-order valence-electron chi connectivity index (χ2n) is 6.76. The van der Waals surface area contributed by atoms with Crippen molar-refractivity contribution in [1.82, 2.24) is 20.2 Å². The maximum atomic E-state index is 5.43. The molecule has 4 rings (SSSR count). The maximum absolute atomic E-state index is 5.43. The van der Waals surface area contributed by atoms with E-state index < -0.39 is 0 Å². The largest absolute Gasteiger partial charge is 0.497 e. The number of hydrogen-bond acceptors (Lipinski definition) is 8. The molecule has 0 spiro atoms. The Balaban J connectivity index is 1.44. The second-order valence-corrected chi connectivity index (χ2v) is 6.76. The zero-order valence-electron chi connectivity index (χ0n) is 16.8. The van der Waals surface area contributed by atoms with Crippen molar-refractivity contribution in [3.8, 4) is 11.5 Å². The molecule has 150 valence electrons. The van der Waals surface area contributed by atoms with Gasteiger partial charge in [0.2, 0.25) is 11.9 Å². The highest BCUT2D eigenvalue weighted by atomic mass is 16.5. The third kappa shape index (κ3) is 4.22. The Morgan fingerprint density at radius 2 is 1.97 bits per heavy atom. The van der Waals surface area contributed by atoms with E-state index in [2.05, 4.69) is 36.6 Å². The average molecular weight is 392 g/mol. The van der Waals surface area contributed by atoms with Crippen molar-refractivity contribution < 1.29 is 9.47 Å². The minimum Gasteiger partial charge on any atom is -0.497 e. The van der Waals surface area contributed by atoms with Crippen molar-refractivity contribution in [2.75, 3.05) is 32.9 Å². The van der Waals surface area contributed by atoms with E-state index in [1.54, 1.807) is 14.2 Å². The molecule has 29 heavy (non-hydrogen) atoms. The minimum absolute atomic E-state index is 0.518. The lowest BCUT2D eigenvalue weighted by molar-refractivity contribution is 0.252. The van der Waals surface area contributed by atoms with Crippen LogP contribution in [0.3, 0.4) is 0 Å². The highest BCUT2D eigenvalue weighted by Crippen LogP contribution is 2.23. The van der Waals surface area contributed by atoms with Gasteiger partial charge in [-0.25, -0.2) is 15.0 Å². The Bertz CT molecular complexity index is 1050. The number of nitrogens with zero attached hydrogens (tertiary/aromatic N) is 4. The van der Waals surface area contributed by atoms with Crippen LogP contribution in [0.1, 0.15) is 11.3 Å². The van der Waals surface area contributed by atoms with Crippen LogP contribution in [-0.2, 0) is 6.54 Å². The van der Waals surface area contributed by atoms with Gasteiger partial charge in [0.1, 0.15) is 11.5 Å². The van der Waals surface area contributed by atoms with Crippen LogP contribution in [-0.4, -0.2) is 48.4 Å². The lowest BCUT2D eigenvalue weighted by atomic mass is 10.2. The van der Waals surface area contributed by atoms with Crippen LogP contribution in [0, 0.1) is 6.92 Å². The lowest BCUT2D eigenvalue weighted by Crippen LogP contribution is -2.45. The third-order valence-corrected chi connectivity index (χ3v) is 4.81. The SMILES string of the molecule is COc1ccc2nc(NC3=NCN(Cc4ccccc4OC)CN3)nc(C)c2c1. The molecule has 0 saturated heterocycles. The van der Waals surface area contributed by atoms with Crippen molar-refractivity contribution in [1.29, 1.82) is 0 Å². The van der Waals surface area contributed by atoms with Crippen molar-refractivity contribution >= 4 is 22.8 Å². The number of hydrogen-bond donors (Lipinski definition) is 2. The van der Waals surface area contributed by atoms with Gasteiger partial charge >= 0.3 is 0 Å². The smallest absolute Gasteiger partial charge is 0.230 e. The average Bonchev–Trinajstić information content (AvgIpc) is 2.75. The Kier molecular flexibility index (Phi) is 5.44. The molecule has 0 bridgehead atoms. The molecule has 3 aromatic rings. The van der Waals surface area contributed by atoms with Gasteiger partial charge in [-0.2, -0.15) is 0 Å². The summed E-state index contributed by atoms with van der Waals surface area (Å²) in [6.45, 7) is 3.94. The predicted octanol–water partition coefficient (Wildman–Crippen LogP) is 2.74. The van der Waals surface area contributed by atoms with Crippen LogP contribution < -0.4 is 20.1 Å². The Hall–Kier alpha value is -3.39. The van der Waals surface area contributed by atoms with Gasteiger partial charge in [0.15, 0.2) is 0 Å². The Morgan fingerprint density at radius 3 is 2.72 bits per heavy atom. The highest BCUT2D eigenvalue weighted by Gasteiger charge is 2.15. The van der Waals surface area contributed by atoms with Crippen molar-refractivity contribution in [2.45, 2.75) is 13.5 Å². The molecule has 0 saturated carbocycles. The number of aliphatic imine (C=N–C) groups is 1. The molecule has 8 nitrogen and oxygen atoms in total. The number of guanidine groups is 1. The molecule has 2 N–H and O–H groups in total. The standard InChI is InChI=1S/C21H24N6O2/c1-14-17-10-16(28-2)8-9-18(17)25-21(24-14)26-20-22-12-27(13-23-20)11-15-6-4-5-7-19(15)29-3/h4-10H,11-13H2,1-3H3,(H2,22,23,24,25,26). The number of aromatic nitrogens is 2. The molecule has 0 fully saturated rings. The number of nitrogens with one attached hydrogen (secondary N) is 2. The highest BCUT2D eigenvalue weighted by molar-refractivity contribution is 5.93. The van der Waals surface area contributed by atoms with Crippen LogP contribution in [0.15, 0.2) is 47.5 Å². The number of methoxy groups -OCH3 is 2. The first-order chi connectivity index (χ1) is 14.2. The van der Waals surface area contributed by atoms with E-state index in [9.17, 15) is 0 Å². The number of ether oxygens (including phenoxy) is 2. The lowest BCUT2D eigenvalue weighted by Gasteiger charge is -2.27. The molecule has 2 heterocycles. The summed E-state index contributed by atoms with van der Waals surface area (Å²) in [6, 6.07) is 13.8. The van der Waals surface area contributed by atoms with Gasteiger partial charge in [-0.3, -0.25) is 10.2 Å². The fourth-order valence-corrected chi connectivity index (χ4v) is 3.28. The number of aryl methyl sites for hydroxylation is 1. The number of rotatable bonds is 5. The van der Waals surface area contributed by atoms with E-state index >= 15 is 0 Å². The van der Waals surface area contributed by atoms with Crippen molar-refractivity contribution in [2.24, 2.45) is 4.99 Å². The van der Waals surface area contributed by atoms with Crippen molar-refractivity contribution in [3.05, 3.63) is 53.7 Å². The topological polar surface area (TPSA) is 83.9 Å². The summed E-state index contributed by atoms with van der Waals surface area (Å²) in [7, 11) is 3.34. The molecule has 0 atom stereocenters. The van der Waals surface area contributed by atoms with E-state index in [1.165, 1.54) is 0 Å². The van der Waals surface area contributed by atoms with Gasteiger partial charge < -0.3 is 14.8 Å². The molecule has 1 aromatic heterocycles. The first kappa shape index (κ1) is 18.9. The first-order valence-corrected chi connectivity index (χ1v) is 9.38. The fourth-order valence-electron chi connectivity index (χ4n) is 3.28. The van der Waals surface area contributed by atoms with Crippen LogP contribution in [0.2, 0.25) is 0 Å². The number of para-hydroxylation sites is 1. The normalized spacial score (nSPS) is 14.2. The summed E-state index contributed by atoms with van der Waals surface area (Å²) >= 11 is 0. The van der Waals surface area contributed by atoms with E-state index in [0.29, 0.717) is 25.2 Å². The van der Waals surface area contributed by atoms with E-state index in [1.807, 2.05) is 43.3 Å². The zero-order chi connectivity index (χ0) is 20.2. The number of fused-ring (bicyclic) bond motifs is 1. The van der Waals surface area contributed by atoms with Gasteiger partial charge in [-0.1, -0.05) is 18.2 Å². The summed E-state index contributed by atoms with van der Waals surface area (Å²) in [5, 5.41) is 7.44. The van der Waals surface area contributed by atoms with Gasteiger partial charge in [0, 0.05) is 17.5 Å². The molecule has 1 aliphatic rings. The van der Waals surface area contributed by atoms with Gasteiger partial charge in [-0.15, -0.1) is 0 Å². The predicted molar refractivity (Wildman–Crippen MR) is 113 cm³/mol. The summed E-state index contributed by atoms with van der Waals surface area (Å²) in [6.07, 6.45) is 0. The quantitative estimate of drug-likeness (QED) is 0.691.